The van der Waals surface area contributed by atoms with Gasteiger partial charge in [-0.15, -0.1) is 0 Å². The second-order valence-electron chi connectivity index (χ2n) is 4.51. The van der Waals surface area contributed by atoms with Crippen molar-refractivity contribution in [1.29, 1.82) is 0 Å². The van der Waals surface area contributed by atoms with Gasteiger partial charge in [-0.2, -0.15) is 0 Å². The Hall–Kier alpha value is -3.36. The van der Waals surface area contributed by atoms with Crippen LogP contribution in [0.2, 0.25) is 0 Å². The van der Waals surface area contributed by atoms with Gasteiger partial charge in [-0.25, -0.2) is 4.79 Å². The smallest absolute Gasteiger partial charge is 0.335 e. The number of nitro groups is 1. The average Bonchev–Trinajstić information content (AvgIpc) is 2.83. The second kappa shape index (κ2) is 5.56. The van der Waals surface area contributed by atoms with Crippen LogP contribution in [-0.4, -0.2) is 26.5 Å². The summed E-state index contributed by atoms with van der Waals surface area (Å²) in [4.78, 5) is 33.1. The summed E-state index contributed by atoms with van der Waals surface area (Å²) in [6.07, 6.45) is 1.20. The van der Waals surface area contributed by atoms with Crippen molar-refractivity contribution in [1.82, 2.24) is 4.57 Å². The number of nitrogens with two attached hydrogens (primary N) is 1. The van der Waals surface area contributed by atoms with Crippen LogP contribution in [0.1, 0.15) is 20.8 Å². The number of carbonyl (C=O) groups is 2. The number of anilines is 2. The molecule has 9 nitrogen and oxygen atoms in total. The zero-order valence-corrected chi connectivity index (χ0v) is 11.4. The molecule has 0 aliphatic heterocycles. The molecule has 2 rings (SSSR count). The number of amides is 1. The number of aryl methyl sites for hydroxylation is 1. The van der Waals surface area contributed by atoms with Gasteiger partial charge in [-0.3, -0.25) is 14.9 Å². The van der Waals surface area contributed by atoms with Crippen LogP contribution in [0.5, 0.6) is 0 Å². The lowest BCUT2D eigenvalue weighted by Gasteiger charge is -2.09. The Morgan fingerprint density at radius 1 is 1.36 bits per heavy atom. The molecule has 0 saturated heterocycles. The number of hydrogen-bond acceptors (Lipinski definition) is 5. The Morgan fingerprint density at radius 3 is 2.59 bits per heavy atom. The highest BCUT2D eigenvalue weighted by molar-refractivity contribution is 6.06. The molecule has 0 bridgehead atoms. The van der Waals surface area contributed by atoms with Crippen LogP contribution in [0.3, 0.4) is 0 Å². The van der Waals surface area contributed by atoms with E-state index >= 15 is 0 Å². The van der Waals surface area contributed by atoms with Gasteiger partial charge in [0.25, 0.3) is 11.6 Å². The molecule has 114 valence electrons. The summed E-state index contributed by atoms with van der Waals surface area (Å²) >= 11 is 0. The third-order valence-electron chi connectivity index (χ3n) is 2.98. The van der Waals surface area contributed by atoms with Crippen molar-refractivity contribution in [3.8, 4) is 0 Å². The fraction of sp³-hybridized carbons (Fsp3) is 0.0769. The highest BCUT2D eigenvalue weighted by Gasteiger charge is 2.18. The molecule has 1 heterocycles. The molecule has 0 aliphatic carbocycles. The molecular formula is C13H12N4O5. The van der Waals surface area contributed by atoms with Crippen LogP contribution >= 0.6 is 0 Å². The van der Waals surface area contributed by atoms with Crippen LogP contribution in [0.15, 0.2) is 30.5 Å². The van der Waals surface area contributed by atoms with E-state index in [0.29, 0.717) is 0 Å². The number of rotatable bonds is 4. The van der Waals surface area contributed by atoms with Crippen molar-refractivity contribution in [2.45, 2.75) is 0 Å². The number of nitrogen functional groups attached to an aromatic ring is 1. The number of hydrogen-bond donors (Lipinski definition) is 3. The van der Waals surface area contributed by atoms with Crippen LogP contribution in [-0.2, 0) is 7.05 Å². The number of nitrogens with one attached hydrogen (secondary N) is 1. The number of carboxylic acid groups (broad SMARTS) is 1. The van der Waals surface area contributed by atoms with Crippen molar-refractivity contribution in [2.75, 3.05) is 11.1 Å². The molecule has 4 N–H and O–H groups in total. The third kappa shape index (κ3) is 2.87. The lowest BCUT2D eigenvalue weighted by atomic mass is 10.1. The fourth-order valence-corrected chi connectivity index (χ4v) is 1.86. The minimum Gasteiger partial charge on any atom is -0.478 e. The molecule has 0 aliphatic rings. The normalized spacial score (nSPS) is 10.2. The fourth-order valence-electron chi connectivity index (χ4n) is 1.86. The summed E-state index contributed by atoms with van der Waals surface area (Å²) in [6, 6.07) is 4.99. The van der Waals surface area contributed by atoms with E-state index in [9.17, 15) is 19.7 Å². The lowest BCUT2D eigenvalue weighted by molar-refractivity contribution is -0.384. The first kappa shape index (κ1) is 15.0. The van der Waals surface area contributed by atoms with Gasteiger partial charge in [0.15, 0.2) is 0 Å². The molecule has 0 fully saturated rings. The van der Waals surface area contributed by atoms with Crippen LogP contribution in [0, 0.1) is 10.1 Å². The summed E-state index contributed by atoms with van der Waals surface area (Å²) in [7, 11) is 1.49. The maximum atomic E-state index is 12.1. The van der Waals surface area contributed by atoms with E-state index in [2.05, 4.69) is 5.32 Å². The molecule has 1 amide bonds. The highest BCUT2D eigenvalue weighted by Crippen LogP contribution is 2.22. The summed E-state index contributed by atoms with van der Waals surface area (Å²) in [5.74, 6) is -1.80. The average molecular weight is 304 g/mol. The van der Waals surface area contributed by atoms with Crippen molar-refractivity contribution in [3.63, 3.8) is 0 Å². The molecule has 1 aromatic carbocycles. The van der Waals surface area contributed by atoms with Gasteiger partial charge in [0.2, 0.25) is 0 Å². The van der Waals surface area contributed by atoms with Gasteiger partial charge in [0, 0.05) is 13.1 Å². The van der Waals surface area contributed by atoms with Crippen molar-refractivity contribution in [3.05, 3.63) is 51.8 Å². The van der Waals surface area contributed by atoms with Gasteiger partial charge < -0.3 is 20.7 Å². The van der Waals surface area contributed by atoms with Gasteiger partial charge >= 0.3 is 5.97 Å². The van der Waals surface area contributed by atoms with E-state index in [0.717, 1.165) is 6.07 Å². The molecule has 22 heavy (non-hydrogen) atoms. The Kier molecular flexibility index (Phi) is 3.80. The summed E-state index contributed by atoms with van der Waals surface area (Å²) in [6.45, 7) is 0. The number of aromatic carboxylic acids is 1. The maximum absolute atomic E-state index is 12.1. The van der Waals surface area contributed by atoms with E-state index in [1.54, 1.807) is 0 Å². The topological polar surface area (TPSA) is 140 Å². The second-order valence-corrected chi connectivity index (χ2v) is 4.51. The minimum atomic E-state index is -1.16. The van der Waals surface area contributed by atoms with Crippen molar-refractivity contribution >= 4 is 28.9 Å². The third-order valence-corrected chi connectivity index (χ3v) is 2.98. The quantitative estimate of drug-likeness (QED) is 0.443. The van der Waals surface area contributed by atoms with E-state index in [1.165, 1.54) is 36.0 Å². The summed E-state index contributed by atoms with van der Waals surface area (Å²) < 4.78 is 1.30. The Balaban J connectivity index is 2.31. The molecule has 1 aromatic heterocycles. The van der Waals surface area contributed by atoms with E-state index < -0.39 is 16.8 Å². The van der Waals surface area contributed by atoms with E-state index in [4.69, 9.17) is 10.8 Å². The van der Waals surface area contributed by atoms with Crippen molar-refractivity contribution in [2.24, 2.45) is 7.05 Å². The summed E-state index contributed by atoms with van der Waals surface area (Å²) in [5, 5.41) is 22.1. The molecule has 0 spiro atoms. The van der Waals surface area contributed by atoms with Gasteiger partial charge in [0.05, 0.1) is 28.1 Å². The van der Waals surface area contributed by atoms with E-state index in [-0.39, 0.29) is 28.3 Å². The van der Waals surface area contributed by atoms with Crippen LogP contribution < -0.4 is 11.1 Å². The van der Waals surface area contributed by atoms with Gasteiger partial charge in [-0.05, 0) is 18.2 Å². The predicted molar refractivity (Wildman–Crippen MR) is 77.8 cm³/mol. The Labute approximate surface area is 124 Å². The first-order chi connectivity index (χ1) is 10.3. The number of nitrogens with zero attached hydrogens (tertiary/aromatic N) is 2. The molecular weight excluding hydrogens is 292 g/mol. The number of aromatic nitrogens is 1. The Morgan fingerprint density at radius 2 is 2.05 bits per heavy atom. The molecule has 0 saturated carbocycles. The standard InChI is InChI=1S/C13H12N4O5/c1-16-6-8(17(21)22)5-11(16)12(18)15-10-4-7(13(19)20)2-3-9(10)14/h2-6H,14H2,1H3,(H,15,18)(H,19,20). The monoisotopic (exact) mass is 304 g/mol. The van der Waals surface area contributed by atoms with Crippen LogP contribution in [0.25, 0.3) is 0 Å². The van der Waals surface area contributed by atoms with Gasteiger partial charge in [-0.1, -0.05) is 0 Å². The lowest BCUT2D eigenvalue weighted by Crippen LogP contribution is -2.16. The first-order valence-electron chi connectivity index (χ1n) is 6.04. The highest BCUT2D eigenvalue weighted by atomic mass is 16.6. The molecule has 9 heteroatoms. The van der Waals surface area contributed by atoms with E-state index in [1.807, 2.05) is 0 Å². The number of carboxylic acids is 1. The molecule has 2 aromatic rings. The maximum Gasteiger partial charge on any atom is 0.335 e. The van der Waals surface area contributed by atoms with Crippen LogP contribution in [0.4, 0.5) is 17.1 Å². The zero-order chi connectivity index (χ0) is 16.4. The largest absolute Gasteiger partial charge is 0.478 e. The SMILES string of the molecule is Cn1cc([N+](=O)[O-])cc1C(=O)Nc1cc(C(=O)O)ccc1N. The van der Waals surface area contributed by atoms with Crippen molar-refractivity contribution < 1.29 is 19.6 Å². The first-order valence-corrected chi connectivity index (χ1v) is 6.04. The molecule has 0 unspecified atom stereocenters. The molecule has 0 atom stereocenters. The number of carbonyl (C=O) groups excluding carboxylic acids is 1. The Bertz CT molecular complexity index is 781. The summed E-state index contributed by atoms with van der Waals surface area (Å²) in [5.41, 5.74) is 5.77. The minimum absolute atomic E-state index is 0.0395. The predicted octanol–water partition coefficient (Wildman–Crippen LogP) is 1.47. The molecule has 0 radical (unpaired) electrons. The zero-order valence-electron chi connectivity index (χ0n) is 11.4. The number of benzene rings is 1. The van der Waals surface area contributed by atoms with Gasteiger partial charge in [0.1, 0.15) is 5.69 Å².